The number of aromatic nitrogens is 1. The fourth-order valence-electron chi connectivity index (χ4n) is 8.96. The molecule has 1 aromatic heterocycles. The zero-order valence-electron chi connectivity index (χ0n) is 18.2. The monoisotopic (exact) mass is 413 g/mol. The minimum Gasteiger partial charge on any atom is -0.619 e. The van der Waals surface area contributed by atoms with E-state index in [0.29, 0.717) is 29.9 Å². The molecule has 5 nitrogen and oxygen atoms in total. The minimum atomic E-state index is -0.821. The van der Waals surface area contributed by atoms with Crippen LogP contribution in [-0.4, -0.2) is 33.6 Å². The Morgan fingerprint density at radius 3 is 2.63 bits per heavy atom. The van der Waals surface area contributed by atoms with Gasteiger partial charge in [-0.05, 0) is 68.1 Å². The molecule has 0 bridgehead atoms. The van der Waals surface area contributed by atoms with Crippen LogP contribution in [0.3, 0.4) is 0 Å². The highest BCUT2D eigenvalue weighted by Crippen LogP contribution is 2.74. The minimum absolute atomic E-state index is 0.0907. The van der Waals surface area contributed by atoms with Gasteiger partial charge in [0.1, 0.15) is 5.60 Å². The molecule has 2 N–H and O–H groups in total. The Kier molecular flexibility index (Phi) is 3.90. The fraction of sp³-hybridized carbons (Fsp3) is 0.800. The Bertz CT molecular complexity index is 876. The molecule has 0 amide bonds. The smallest absolute Gasteiger partial charge is 0.195 e. The molecule has 0 unspecified atom stereocenters. The van der Waals surface area contributed by atoms with E-state index in [9.17, 15) is 15.4 Å². The van der Waals surface area contributed by atoms with Crippen molar-refractivity contribution in [3.63, 3.8) is 0 Å². The van der Waals surface area contributed by atoms with E-state index in [1.165, 1.54) is 6.20 Å². The molecule has 5 fully saturated rings. The summed E-state index contributed by atoms with van der Waals surface area (Å²) in [7, 11) is 0. The molecule has 5 aliphatic rings. The molecular weight excluding hydrogens is 378 g/mol. The van der Waals surface area contributed by atoms with Crippen LogP contribution in [0.15, 0.2) is 24.4 Å². The summed E-state index contributed by atoms with van der Waals surface area (Å²) in [6.45, 7) is 4.73. The maximum atomic E-state index is 12.3. The molecule has 4 saturated carbocycles. The van der Waals surface area contributed by atoms with Crippen molar-refractivity contribution in [1.82, 2.24) is 0 Å². The summed E-state index contributed by atoms with van der Waals surface area (Å²) in [5, 5.41) is 34.5. The van der Waals surface area contributed by atoms with Crippen molar-refractivity contribution in [2.24, 2.45) is 28.6 Å². The zero-order valence-corrected chi connectivity index (χ0v) is 18.2. The first-order chi connectivity index (χ1) is 14.2. The molecule has 6 rings (SSSR count). The van der Waals surface area contributed by atoms with Crippen LogP contribution in [0.5, 0.6) is 0 Å². The van der Waals surface area contributed by atoms with Crippen molar-refractivity contribution in [3.8, 4) is 0 Å². The lowest BCUT2D eigenvalue weighted by atomic mass is 9.44. The third kappa shape index (κ3) is 2.27. The average Bonchev–Trinajstić information content (AvgIpc) is 3.33. The van der Waals surface area contributed by atoms with E-state index in [1.807, 2.05) is 12.1 Å². The summed E-state index contributed by atoms with van der Waals surface area (Å²) < 4.78 is 7.33. The van der Waals surface area contributed by atoms with Gasteiger partial charge in [-0.25, -0.2) is 0 Å². The van der Waals surface area contributed by atoms with Crippen LogP contribution in [0.1, 0.15) is 70.9 Å². The second-order valence-corrected chi connectivity index (χ2v) is 11.6. The van der Waals surface area contributed by atoms with Gasteiger partial charge in [-0.3, -0.25) is 0 Å². The molecule has 0 radical (unpaired) electrons. The van der Waals surface area contributed by atoms with Gasteiger partial charge >= 0.3 is 0 Å². The number of aliphatic hydroxyl groups is 2. The molecule has 9 atom stereocenters. The van der Waals surface area contributed by atoms with Gasteiger partial charge in [-0.1, -0.05) is 19.9 Å². The number of fused-ring (bicyclic) bond motifs is 4. The highest BCUT2D eigenvalue weighted by molar-refractivity contribution is 5.25. The van der Waals surface area contributed by atoms with Crippen LogP contribution in [0, 0.1) is 33.8 Å². The SMILES string of the molecule is C[C@]12CC[C@H]3[C@@H](C[C@@H]4O[C@@]45C[C@@H](O)CC[C@]35C)[C@@H]1CC[C@@]2(O)Cc1cccc[n+]1[O-]. The van der Waals surface area contributed by atoms with Crippen molar-refractivity contribution in [2.45, 2.75) is 95.0 Å². The molecule has 1 aromatic rings. The molecule has 5 heteroatoms. The number of hydrogen-bond acceptors (Lipinski definition) is 4. The van der Waals surface area contributed by atoms with E-state index in [4.69, 9.17) is 4.74 Å². The normalized spacial score (nSPS) is 53.9. The lowest BCUT2D eigenvalue weighted by Crippen LogP contribution is -2.60. The summed E-state index contributed by atoms with van der Waals surface area (Å²) in [6.07, 6.45) is 9.83. The number of aliphatic hydroxyl groups excluding tert-OH is 1. The van der Waals surface area contributed by atoms with Crippen LogP contribution in [-0.2, 0) is 11.2 Å². The number of nitrogens with zero attached hydrogens (tertiary/aromatic N) is 1. The van der Waals surface area contributed by atoms with Gasteiger partial charge < -0.3 is 20.2 Å². The van der Waals surface area contributed by atoms with Crippen molar-refractivity contribution in [2.75, 3.05) is 0 Å². The summed E-state index contributed by atoms with van der Waals surface area (Å²) in [6, 6.07) is 5.49. The standard InChI is InChI=1S/C25H35NO4/c1-22-10-7-20-18(13-21-25(30-21)15-17(27)6-9-23(20,25)2)19(22)8-11-24(22,28)14-16-5-3-4-12-26(16)29/h3-5,12,17-21,27-28H,6-11,13-15H2,1-2H3/t17-,18-,19-,20-,21-,22-,23+,24+,25-/m0/s1. The third-order valence-corrected chi connectivity index (χ3v) is 10.8. The molecule has 1 saturated heterocycles. The number of rotatable bonds is 2. The predicted octanol–water partition coefficient (Wildman–Crippen LogP) is 3.13. The largest absolute Gasteiger partial charge is 0.619 e. The number of pyridine rings is 1. The molecule has 30 heavy (non-hydrogen) atoms. The van der Waals surface area contributed by atoms with Gasteiger partial charge in [-0.15, -0.1) is 0 Å². The summed E-state index contributed by atoms with van der Waals surface area (Å²) in [5.41, 5.74) is -0.244. The molecule has 164 valence electrons. The lowest BCUT2D eigenvalue weighted by Gasteiger charge is -2.60. The Hall–Kier alpha value is -1.17. The maximum absolute atomic E-state index is 12.3. The van der Waals surface area contributed by atoms with Gasteiger partial charge in [0.15, 0.2) is 11.9 Å². The summed E-state index contributed by atoms with van der Waals surface area (Å²) in [5.74, 6) is 1.68. The van der Waals surface area contributed by atoms with Crippen molar-refractivity contribution < 1.29 is 19.7 Å². The predicted molar refractivity (Wildman–Crippen MR) is 111 cm³/mol. The van der Waals surface area contributed by atoms with Crippen LogP contribution >= 0.6 is 0 Å². The topological polar surface area (TPSA) is 79.9 Å². The molecule has 4 aliphatic carbocycles. The van der Waals surface area contributed by atoms with Gasteiger partial charge in [0, 0.05) is 24.0 Å². The molecule has 1 spiro atoms. The van der Waals surface area contributed by atoms with E-state index in [1.54, 1.807) is 6.07 Å². The van der Waals surface area contributed by atoms with Gasteiger partial charge in [0.25, 0.3) is 0 Å². The number of epoxide rings is 1. The van der Waals surface area contributed by atoms with Gasteiger partial charge in [0.2, 0.25) is 0 Å². The Labute approximate surface area is 179 Å². The highest BCUT2D eigenvalue weighted by Gasteiger charge is 2.76. The first-order valence-electron chi connectivity index (χ1n) is 12.0. The van der Waals surface area contributed by atoms with Crippen molar-refractivity contribution >= 4 is 0 Å². The van der Waals surface area contributed by atoms with E-state index < -0.39 is 5.60 Å². The molecule has 0 aromatic carbocycles. The van der Waals surface area contributed by atoms with Crippen LogP contribution < -0.4 is 4.73 Å². The zero-order chi connectivity index (χ0) is 20.9. The van der Waals surface area contributed by atoms with E-state index in [2.05, 4.69) is 13.8 Å². The Balaban J connectivity index is 1.31. The third-order valence-electron chi connectivity index (χ3n) is 10.8. The Morgan fingerprint density at radius 1 is 1.10 bits per heavy atom. The van der Waals surface area contributed by atoms with E-state index >= 15 is 0 Å². The van der Waals surface area contributed by atoms with Crippen molar-refractivity contribution in [3.05, 3.63) is 35.3 Å². The quantitative estimate of drug-likeness (QED) is 0.444. The number of hydrogen-bond donors (Lipinski definition) is 2. The van der Waals surface area contributed by atoms with Gasteiger partial charge in [0.05, 0.1) is 24.2 Å². The lowest BCUT2D eigenvalue weighted by molar-refractivity contribution is -0.615. The average molecular weight is 414 g/mol. The molecule has 1 aliphatic heterocycles. The first-order valence-corrected chi connectivity index (χ1v) is 12.0. The fourth-order valence-corrected chi connectivity index (χ4v) is 8.96. The highest BCUT2D eigenvalue weighted by atomic mass is 16.6. The van der Waals surface area contributed by atoms with Crippen LogP contribution in [0.2, 0.25) is 0 Å². The Morgan fingerprint density at radius 2 is 1.83 bits per heavy atom. The molecular formula is C25H35NO4. The summed E-state index contributed by atoms with van der Waals surface area (Å²) >= 11 is 0. The van der Waals surface area contributed by atoms with Crippen LogP contribution in [0.25, 0.3) is 0 Å². The summed E-state index contributed by atoms with van der Waals surface area (Å²) in [4.78, 5) is 0. The first kappa shape index (κ1) is 19.5. The van der Waals surface area contributed by atoms with Crippen molar-refractivity contribution in [1.29, 1.82) is 0 Å². The second-order valence-electron chi connectivity index (χ2n) is 11.6. The maximum Gasteiger partial charge on any atom is 0.195 e. The second kappa shape index (κ2) is 5.99. The van der Waals surface area contributed by atoms with Gasteiger partial charge in [-0.2, -0.15) is 4.73 Å². The van der Waals surface area contributed by atoms with Crippen LogP contribution in [0.4, 0.5) is 0 Å². The van der Waals surface area contributed by atoms with E-state index in [0.717, 1.165) is 56.1 Å². The van der Waals surface area contributed by atoms with E-state index in [-0.39, 0.29) is 28.6 Å². The molecule has 2 heterocycles. The number of ether oxygens (including phenoxy) is 1.